The lowest BCUT2D eigenvalue weighted by Crippen LogP contribution is -2.45. The number of carbonyl (C=O) groups excluding carboxylic acids is 2. The molecule has 0 aromatic heterocycles. The smallest absolute Gasteiger partial charge is 0.251 e. The van der Waals surface area contributed by atoms with Crippen LogP contribution in [0.25, 0.3) is 11.1 Å². The highest BCUT2D eigenvalue weighted by atomic mass is 16.2. The first-order chi connectivity index (χ1) is 16.1. The maximum atomic E-state index is 13.4. The zero-order valence-corrected chi connectivity index (χ0v) is 18.5. The highest BCUT2D eigenvalue weighted by Crippen LogP contribution is 2.27. The van der Waals surface area contributed by atoms with Gasteiger partial charge in [0.1, 0.15) is 6.04 Å². The van der Waals surface area contributed by atoms with Crippen LogP contribution < -0.4 is 10.6 Å². The molecule has 1 atom stereocenters. The maximum Gasteiger partial charge on any atom is 0.251 e. The van der Waals surface area contributed by atoms with Crippen molar-refractivity contribution in [3.05, 3.63) is 126 Å². The highest BCUT2D eigenvalue weighted by molar-refractivity contribution is 6.03. The van der Waals surface area contributed by atoms with E-state index in [0.717, 1.165) is 22.3 Å². The Morgan fingerprint density at radius 2 is 1.33 bits per heavy atom. The van der Waals surface area contributed by atoms with Crippen molar-refractivity contribution in [2.75, 3.05) is 5.32 Å². The molecule has 164 valence electrons. The average Bonchev–Trinajstić information content (AvgIpc) is 2.85. The van der Waals surface area contributed by atoms with Gasteiger partial charge >= 0.3 is 0 Å². The van der Waals surface area contributed by atoms with E-state index in [4.69, 9.17) is 0 Å². The predicted molar refractivity (Wildman–Crippen MR) is 133 cm³/mol. The van der Waals surface area contributed by atoms with E-state index in [0.29, 0.717) is 17.7 Å². The number of nitrogens with one attached hydrogen (secondary N) is 2. The summed E-state index contributed by atoms with van der Waals surface area (Å²) in [7, 11) is 0. The first-order valence-corrected chi connectivity index (χ1v) is 11.0. The summed E-state index contributed by atoms with van der Waals surface area (Å²) in [4.78, 5) is 26.3. The molecule has 0 heterocycles. The Morgan fingerprint density at radius 1 is 0.727 bits per heavy atom. The predicted octanol–water partition coefficient (Wildman–Crippen LogP) is 5.64. The Hall–Kier alpha value is -4.18. The van der Waals surface area contributed by atoms with Crippen LogP contribution in [0.2, 0.25) is 0 Å². The molecule has 2 N–H and O–H groups in total. The summed E-state index contributed by atoms with van der Waals surface area (Å²) in [5, 5.41) is 5.97. The number of benzene rings is 4. The van der Waals surface area contributed by atoms with Gasteiger partial charge in [0.2, 0.25) is 5.91 Å². The number of anilines is 1. The molecule has 0 aliphatic heterocycles. The SMILES string of the molecule is Cc1ccc(C(=O)NC(Cc2ccccc2)C(=O)Nc2ccccc2-c2ccccc2)cc1. The van der Waals surface area contributed by atoms with Gasteiger partial charge < -0.3 is 10.6 Å². The summed E-state index contributed by atoms with van der Waals surface area (Å²) in [5.41, 5.74) is 5.21. The molecule has 0 aliphatic rings. The van der Waals surface area contributed by atoms with Crippen molar-refractivity contribution in [1.29, 1.82) is 0 Å². The molecule has 0 aliphatic carbocycles. The molecule has 4 nitrogen and oxygen atoms in total. The fraction of sp³-hybridized carbons (Fsp3) is 0.103. The molecule has 1 unspecified atom stereocenters. The maximum absolute atomic E-state index is 13.4. The van der Waals surface area contributed by atoms with Gasteiger partial charge in [-0.3, -0.25) is 9.59 Å². The van der Waals surface area contributed by atoms with E-state index in [1.54, 1.807) is 12.1 Å². The van der Waals surface area contributed by atoms with E-state index in [-0.39, 0.29) is 11.8 Å². The zero-order valence-electron chi connectivity index (χ0n) is 18.5. The monoisotopic (exact) mass is 434 g/mol. The van der Waals surface area contributed by atoms with Gasteiger partial charge in [0.25, 0.3) is 5.91 Å². The second-order valence-electron chi connectivity index (χ2n) is 7.98. The second kappa shape index (κ2) is 10.4. The van der Waals surface area contributed by atoms with Crippen molar-refractivity contribution in [3.8, 4) is 11.1 Å². The Kier molecular flexibility index (Phi) is 6.96. The molecule has 0 radical (unpaired) electrons. The highest BCUT2D eigenvalue weighted by Gasteiger charge is 2.23. The van der Waals surface area contributed by atoms with E-state index in [1.807, 2.05) is 104 Å². The molecule has 4 rings (SSSR count). The molecule has 33 heavy (non-hydrogen) atoms. The van der Waals surface area contributed by atoms with E-state index < -0.39 is 6.04 Å². The number of aryl methyl sites for hydroxylation is 1. The van der Waals surface area contributed by atoms with Crippen molar-refractivity contribution in [2.45, 2.75) is 19.4 Å². The third kappa shape index (κ3) is 5.74. The standard InChI is InChI=1S/C29H26N2O2/c1-21-16-18-24(19-17-21)28(32)31-27(20-22-10-4-2-5-11-22)29(33)30-26-15-9-8-14-25(26)23-12-6-3-7-13-23/h2-19,27H,20H2,1H3,(H,30,33)(H,31,32). The average molecular weight is 435 g/mol. The summed E-state index contributed by atoms with van der Waals surface area (Å²) >= 11 is 0. The fourth-order valence-electron chi connectivity index (χ4n) is 3.69. The lowest BCUT2D eigenvalue weighted by atomic mass is 10.0. The van der Waals surface area contributed by atoms with Gasteiger partial charge in [0.05, 0.1) is 0 Å². The van der Waals surface area contributed by atoms with Crippen molar-refractivity contribution >= 4 is 17.5 Å². The van der Waals surface area contributed by atoms with Gasteiger partial charge in [-0.15, -0.1) is 0 Å². The van der Waals surface area contributed by atoms with E-state index in [9.17, 15) is 9.59 Å². The van der Waals surface area contributed by atoms with Crippen LogP contribution in [0.15, 0.2) is 109 Å². The molecule has 0 fully saturated rings. The second-order valence-corrected chi connectivity index (χ2v) is 7.98. The van der Waals surface area contributed by atoms with Crippen molar-refractivity contribution in [1.82, 2.24) is 5.32 Å². The minimum atomic E-state index is -0.731. The molecular weight excluding hydrogens is 408 g/mol. The molecule has 4 aromatic rings. The van der Waals surface area contributed by atoms with Crippen LogP contribution in [0.1, 0.15) is 21.5 Å². The third-order valence-corrected chi connectivity index (χ3v) is 5.49. The van der Waals surface area contributed by atoms with Crippen LogP contribution in [0.4, 0.5) is 5.69 Å². The first-order valence-electron chi connectivity index (χ1n) is 11.0. The number of carbonyl (C=O) groups is 2. The lowest BCUT2D eigenvalue weighted by Gasteiger charge is -2.20. The molecule has 0 bridgehead atoms. The molecule has 0 saturated carbocycles. The van der Waals surface area contributed by atoms with Crippen LogP contribution >= 0.6 is 0 Å². The molecule has 4 heteroatoms. The Bertz CT molecular complexity index is 1220. The first kappa shape index (κ1) is 22.0. The van der Waals surface area contributed by atoms with Gasteiger partial charge in [-0.2, -0.15) is 0 Å². The van der Waals surface area contributed by atoms with Gasteiger partial charge in [0, 0.05) is 23.2 Å². The van der Waals surface area contributed by atoms with Crippen molar-refractivity contribution in [3.63, 3.8) is 0 Å². The summed E-state index contributed by atoms with van der Waals surface area (Å²) in [6, 6.07) is 33.9. The molecule has 4 aromatic carbocycles. The number of para-hydroxylation sites is 1. The number of rotatable bonds is 7. The van der Waals surface area contributed by atoms with E-state index >= 15 is 0 Å². The van der Waals surface area contributed by atoms with Crippen LogP contribution in [0.5, 0.6) is 0 Å². The minimum Gasteiger partial charge on any atom is -0.340 e. The fourth-order valence-corrected chi connectivity index (χ4v) is 3.69. The Morgan fingerprint density at radius 3 is 2.03 bits per heavy atom. The number of hydrogen-bond donors (Lipinski definition) is 2. The molecule has 0 saturated heterocycles. The molecule has 2 amide bonds. The van der Waals surface area contributed by atoms with Gasteiger partial charge in [-0.1, -0.05) is 96.6 Å². The van der Waals surface area contributed by atoms with Crippen LogP contribution in [0, 0.1) is 6.92 Å². The van der Waals surface area contributed by atoms with Gasteiger partial charge in [-0.05, 0) is 36.2 Å². The van der Waals surface area contributed by atoms with Crippen LogP contribution in [-0.4, -0.2) is 17.9 Å². The van der Waals surface area contributed by atoms with Crippen LogP contribution in [-0.2, 0) is 11.2 Å². The summed E-state index contributed by atoms with van der Waals surface area (Å²) in [5.74, 6) is -0.537. The summed E-state index contributed by atoms with van der Waals surface area (Å²) in [6.45, 7) is 1.97. The van der Waals surface area contributed by atoms with Gasteiger partial charge in [0.15, 0.2) is 0 Å². The lowest BCUT2D eigenvalue weighted by molar-refractivity contribution is -0.118. The summed E-state index contributed by atoms with van der Waals surface area (Å²) in [6.07, 6.45) is 0.387. The largest absolute Gasteiger partial charge is 0.340 e. The van der Waals surface area contributed by atoms with Crippen LogP contribution in [0.3, 0.4) is 0 Å². The Labute approximate surface area is 194 Å². The van der Waals surface area contributed by atoms with E-state index in [2.05, 4.69) is 10.6 Å². The molecular formula is C29H26N2O2. The number of hydrogen-bond acceptors (Lipinski definition) is 2. The van der Waals surface area contributed by atoms with Crippen molar-refractivity contribution in [2.24, 2.45) is 0 Å². The Balaban J connectivity index is 1.58. The van der Waals surface area contributed by atoms with Gasteiger partial charge in [-0.25, -0.2) is 0 Å². The normalized spacial score (nSPS) is 11.4. The topological polar surface area (TPSA) is 58.2 Å². The van der Waals surface area contributed by atoms with Crippen molar-refractivity contribution < 1.29 is 9.59 Å². The number of amides is 2. The minimum absolute atomic E-state index is 0.261. The summed E-state index contributed by atoms with van der Waals surface area (Å²) < 4.78 is 0. The zero-order chi connectivity index (χ0) is 23.0. The third-order valence-electron chi connectivity index (χ3n) is 5.49. The van der Waals surface area contributed by atoms with E-state index in [1.165, 1.54) is 0 Å². The molecule has 0 spiro atoms. The quantitative estimate of drug-likeness (QED) is 0.395.